The number of hydrogen-bond donors (Lipinski definition) is 0. The van der Waals surface area contributed by atoms with Crippen molar-refractivity contribution in [1.82, 2.24) is 0 Å². The highest BCUT2D eigenvalue weighted by Gasteiger charge is 2.51. The van der Waals surface area contributed by atoms with Gasteiger partial charge >= 0.3 is 7.12 Å². The fourth-order valence-corrected chi connectivity index (χ4v) is 2.46. The zero-order valence-electron chi connectivity index (χ0n) is 13.3. The van der Waals surface area contributed by atoms with E-state index in [1.165, 1.54) is 5.56 Å². The Labute approximate surface area is 126 Å². The van der Waals surface area contributed by atoms with Crippen molar-refractivity contribution >= 4 is 12.6 Å². The van der Waals surface area contributed by atoms with Crippen LogP contribution in [-0.2, 0) is 9.31 Å². The molecule has 0 spiro atoms. The first-order valence-corrected chi connectivity index (χ1v) is 7.30. The molecule has 1 aliphatic heterocycles. The Kier molecular flexibility index (Phi) is 3.26. The van der Waals surface area contributed by atoms with E-state index < -0.39 is 0 Å². The normalized spacial score (nSPS) is 20.0. The summed E-state index contributed by atoms with van der Waals surface area (Å²) in [5.41, 5.74) is 2.61. The molecule has 1 saturated heterocycles. The molecule has 3 rings (SSSR count). The lowest BCUT2D eigenvalue weighted by atomic mass is 9.77. The molecular formula is C17H21BO3. The summed E-state index contributed by atoms with van der Waals surface area (Å²) in [5.74, 6) is 0.867. The van der Waals surface area contributed by atoms with Crippen LogP contribution in [-0.4, -0.2) is 18.3 Å². The third-order valence-electron chi connectivity index (χ3n) is 4.57. The van der Waals surface area contributed by atoms with Gasteiger partial charge in [-0.15, -0.1) is 0 Å². The Bertz CT molecular complexity index is 628. The van der Waals surface area contributed by atoms with E-state index in [1.54, 1.807) is 6.26 Å². The lowest BCUT2D eigenvalue weighted by molar-refractivity contribution is 0.00578. The van der Waals surface area contributed by atoms with Crippen LogP contribution in [0.3, 0.4) is 0 Å². The van der Waals surface area contributed by atoms with Gasteiger partial charge in [-0.05, 0) is 57.8 Å². The summed E-state index contributed by atoms with van der Waals surface area (Å²) in [6, 6.07) is 10.1. The molecule has 1 aromatic carbocycles. The molecule has 0 amide bonds. The van der Waals surface area contributed by atoms with E-state index in [9.17, 15) is 0 Å². The molecule has 0 unspecified atom stereocenters. The summed E-state index contributed by atoms with van der Waals surface area (Å²) in [5, 5.41) is 0. The van der Waals surface area contributed by atoms with Crippen molar-refractivity contribution in [3.05, 3.63) is 42.2 Å². The SMILES string of the molecule is Cc1ccc(B2OC(C)(C)C(C)(C)O2)cc1-c1ccco1. The molecular weight excluding hydrogens is 263 g/mol. The predicted molar refractivity (Wildman–Crippen MR) is 84.6 cm³/mol. The minimum absolute atomic E-state index is 0.326. The monoisotopic (exact) mass is 284 g/mol. The standard InChI is InChI=1S/C17H21BO3/c1-12-8-9-13(11-14(12)15-7-6-10-19-15)18-20-16(2,3)17(4,5)21-18/h6-11H,1-5H3. The smallest absolute Gasteiger partial charge is 0.464 e. The first-order chi connectivity index (χ1) is 9.80. The van der Waals surface area contributed by atoms with E-state index in [4.69, 9.17) is 13.7 Å². The molecule has 0 N–H and O–H groups in total. The van der Waals surface area contributed by atoms with E-state index in [0.29, 0.717) is 0 Å². The van der Waals surface area contributed by atoms with Crippen LogP contribution in [0.2, 0.25) is 0 Å². The largest absolute Gasteiger partial charge is 0.494 e. The first kappa shape index (κ1) is 14.4. The van der Waals surface area contributed by atoms with Crippen molar-refractivity contribution in [2.75, 3.05) is 0 Å². The Morgan fingerprint density at radius 1 is 0.952 bits per heavy atom. The van der Waals surface area contributed by atoms with Crippen molar-refractivity contribution < 1.29 is 13.7 Å². The molecule has 1 fully saturated rings. The van der Waals surface area contributed by atoms with Gasteiger partial charge in [0, 0.05) is 5.56 Å². The molecule has 3 nitrogen and oxygen atoms in total. The molecule has 2 heterocycles. The number of aryl methyl sites for hydroxylation is 1. The fourth-order valence-electron chi connectivity index (χ4n) is 2.46. The summed E-state index contributed by atoms with van der Waals surface area (Å²) in [6.07, 6.45) is 1.69. The third-order valence-corrected chi connectivity index (χ3v) is 4.57. The van der Waals surface area contributed by atoms with Gasteiger partial charge in [0.2, 0.25) is 0 Å². The summed E-state index contributed by atoms with van der Waals surface area (Å²) in [4.78, 5) is 0. The molecule has 0 saturated carbocycles. The maximum Gasteiger partial charge on any atom is 0.494 e. The Morgan fingerprint density at radius 3 is 2.19 bits per heavy atom. The second-order valence-corrected chi connectivity index (χ2v) is 6.64. The molecule has 0 atom stereocenters. The second kappa shape index (κ2) is 4.75. The molecule has 21 heavy (non-hydrogen) atoms. The van der Waals surface area contributed by atoms with E-state index in [2.05, 4.69) is 52.8 Å². The lowest BCUT2D eigenvalue weighted by Crippen LogP contribution is -2.41. The van der Waals surface area contributed by atoms with Gasteiger partial charge in [0.15, 0.2) is 0 Å². The van der Waals surface area contributed by atoms with Gasteiger partial charge < -0.3 is 13.7 Å². The van der Waals surface area contributed by atoms with Crippen molar-refractivity contribution in [3.63, 3.8) is 0 Å². The van der Waals surface area contributed by atoms with Gasteiger partial charge in [-0.2, -0.15) is 0 Å². The second-order valence-electron chi connectivity index (χ2n) is 6.64. The van der Waals surface area contributed by atoms with E-state index >= 15 is 0 Å². The molecule has 1 aromatic heterocycles. The van der Waals surface area contributed by atoms with Crippen molar-refractivity contribution in [2.24, 2.45) is 0 Å². The molecule has 0 bridgehead atoms. The van der Waals surface area contributed by atoms with Gasteiger partial charge in [0.25, 0.3) is 0 Å². The Hall–Kier alpha value is -1.52. The highest BCUT2D eigenvalue weighted by molar-refractivity contribution is 6.62. The topological polar surface area (TPSA) is 31.6 Å². The predicted octanol–water partition coefficient (Wildman–Crippen LogP) is 3.55. The summed E-state index contributed by atoms with van der Waals surface area (Å²) in [6.45, 7) is 10.3. The number of benzene rings is 1. The number of rotatable bonds is 2. The maximum absolute atomic E-state index is 6.11. The quantitative estimate of drug-likeness (QED) is 0.790. The molecule has 1 aliphatic rings. The number of furan rings is 1. The molecule has 2 aromatic rings. The van der Waals surface area contributed by atoms with Gasteiger partial charge in [-0.1, -0.05) is 18.2 Å². The van der Waals surface area contributed by atoms with Crippen LogP contribution in [0, 0.1) is 6.92 Å². The summed E-state index contributed by atoms with van der Waals surface area (Å²) >= 11 is 0. The zero-order valence-corrected chi connectivity index (χ0v) is 13.3. The highest BCUT2D eigenvalue weighted by Crippen LogP contribution is 2.36. The summed E-state index contributed by atoms with van der Waals surface area (Å²) < 4.78 is 17.7. The van der Waals surface area contributed by atoms with Crippen LogP contribution in [0.15, 0.2) is 41.0 Å². The molecule has 4 heteroatoms. The van der Waals surface area contributed by atoms with E-state index in [0.717, 1.165) is 16.8 Å². The van der Waals surface area contributed by atoms with E-state index in [-0.39, 0.29) is 18.3 Å². The van der Waals surface area contributed by atoms with Crippen LogP contribution < -0.4 is 5.46 Å². The van der Waals surface area contributed by atoms with Crippen molar-refractivity contribution in [1.29, 1.82) is 0 Å². The summed E-state index contributed by atoms with van der Waals surface area (Å²) in [7, 11) is -0.343. The van der Waals surface area contributed by atoms with Crippen molar-refractivity contribution in [2.45, 2.75) is 45.8 Å². The minimum Gasteiger partial charge on any atom is -0.464 e. The average Bonchev–Trinajstić information content (AvgIpc) is 2.97. The van der Waals surface area contributed by atoms with Gasteiger partial charge in [0.1, 0.15) is 5.76 Å². The first-order valence-electron chi connectivity index (χ1n) is 7.30. The Balaban J connectivity index is 1.97. The van der Waals surface area contributed by atoms with Crippen LogP contribution in [0.5, 0.6) is 0 Å². The molecule has 0 radical (unpaired) electrons. The van der Waals surface area contributed by atoms with Crippen LogP contribution in [0.4, 0.5) is 0 Å². The third kappa shape index (κ3) is 2.43. The van der Waals surface area contributed by atoms with E-state index in [1.807, 2.05) is 12.1 Å². The molecule has 110 valence electrons. The van der Waals surface area contributed by atoms with Crippen LogP contribution in [0.1, 0.15) is 33.3 Å². The van der Waals surface area contributed by atoms with Crippen LogP contribution in [0.25, 0.3) is 11.3 Å². The molecule has 0 aliphatic carbocycles. The zero-order chi connectivity index (χ0) is 15.3. The fraction of sp³-hybridized carbons (Fsp3) is 0.412. The van der Waals surface area contributed by atoms with Gasteiger partial charge in [-0.3, -0.25) is 0 Å². The van der Waals surface area contributed by atoms with Gasteiger partial charge in [-0.25, -0.2) is 0 Å². The highest BCUT2D eigenvalue weighted by atomic mass is 16.7. The van der Waals surface area contributed by atoms with Crippen molar-refractivity contribution in [3.8, 4) is 11.3 Å². The minimum atomic E-state index is -0.343. The maximum atomic E-state index is 6.11. The lowest BCUT2D eigenvalue weighted by Gasteiger charge is -2.32. The Morgan fingerprint density at radius 2 is 1.62 bits per heavy atom. The van der Waals surface area contributed by atoms with Crippen LogP contribution >= 0.6 is 0 Å². The average molecular weight is 284 g/mol. The van der Waals surface area contributed by atoms with Gasteiger partial charge in [0.05, 0.1) is 17.5 Å². The number of hydrogen-bond acceptors (Lipinski definition) is 3.